The lowest BCUT2D eigenvalue weighted by Gasteiger charge is -2.24. The highest BCUT2D eigenvalue weighted by atomic mass is 19.4. The number of halogens is 3. The first kappa shape index (κ1) is 21.6. The van der Waals surface area contributed by atoms with Crippen LogP contribution in [0.2, 0.25) is 0 Å². The van der Waals surface area contributed by atoms with Crippen LogP contribution in [0, 0.1) is 0 Å². The highest BCUT2D eigenvalue weighted by molar-refractivity contribution is 5.51. The van der Waals surface area contributed by atoms with Crippen molar-refractivity contribution in [1.29, 1.82) is 0 Å². The molecule has 5 nitrogen and oxygen atoms in total. The molecule has 33 heavy (non-hydrogen) atoms. The average Bonchev–Trinajstić information content (AvgIpc) is 3.49. The molecule has 0 bridgehead atoms. The van der Waals surface area contributed by atoms with E-state index >= 15 is 0 Å². The summed E-state index contributed by atoms with van der Waals surface area (Å²) >= 11 is 0. The molecule has 5 rings (SSSR count). The molecule has 1 spiro atoms. The quantitative estimate of drug-likeness (QED) is 0.479. The minimum atomic E-state index is -4.69. The second-order valence-corrected chi connectivity index (χ2v) is 8.56. The summed E-state index contributed by atoms with van der Waals surface area (Å²) in [6, 6.07) is 18.1. The number of hydrogen-bond donors (Lipinski definition) is 0. The Bertz CT molecular complexity index is 1090. The topological polar surface area (TPSA) is 37.8 Å². The second kappa shape index (κ2) is 8.59. The van der Waals surface area contributed by atoms with E-state index in [1.54, 1.807) is 24.5 Å². The van der Waals surface area contributed by atoms with E-state index in [0.29, 0.717) is 13.3 Å². The van der Waals surface area contributed by atoms with Crippen molar-refractivity contribution in [1.82, 2.24) is 9.88 Å². The summed E-state index contributed by atoms with van der Waals surface area (Å²) in [6.45, 7) is 2.74. The molecule has 1 saturated heterocycles. The lowest BCUT2D eigenvalue weighted by atomic mass is 10.2. The summed E-state index contributed by atoms with van der Waals surface area (Å²) < 4.78 is 47.4. The number of ether oxygens (including phenoxy) is 2. The van der Waals surface area contributed by atoms with Gasteiger partial charge in [0.1, 0.15) is 18.1 Å². The largest absolute Gasteiger partial charge is 0.573 e. The van der Waals surface area contributed by atoms with Crippen molar-refractivity contribution < 1.29 is 22.6 Å². The van der Waals surface area contributed by atoms with Crippen LogP contribution >= 0.6 is 0 Å². The van der Waals surface area contributed by atoms with E-state index in [4.69, 9.17) is 4.74 Å². The zero-order valence-electron chi connectivity index (χ0n) is 18.0. The van der Waals surface area contributed by atoms with Gasteiger partial charge in [0.15, 0.2) is 0 Å². The number of anilines is 1. The summed E-state index contributed by atoms with van der Waals surface area (Å²) in [7, 11) is 0. The van der Waals surface area contributed by atoms with E-state index in [1.807, 2.05) is 36.4 Å². The van der Waals surface area contributed by atoms with Crippen molar-refractivity contribution in [3.63, 3.8) is 0 Å². The Labute approximate surface area is 190 Å². The third-order valence-corrected chi connectivity index (χ3v) is 6.23. The van der Waals surface area contributed by atoms with Gasteiger partial charge in [0.25, 0.3) is 0 Å². The fourth-order valence-corrected chi connectivity index (χ4v) is 4.34. The number of rotatable bonds is 7. The molecule has 2 aliphatic rings. The van der Waals surface area contributed by atoms with Crippen molar-refractivity contribution in [3.05, 3.63) is 84.2 Å². The third kappa shape index (κ3) is 5.06. The van der Waals surface area contributed by atoms with Gasteiger partial charge in [0.05, 0.1) is 12.9 Å². The molecule has 0 amide bonds. The number of benzene rings is 2. The molecule has 0 N–H and O–H groups in total. The number of alkyl halides is 3. The normalized spacial score (nSPS) is 17.4. The van der Waals surface area contributed by atoms with E-state index in [2.05, 4.69) is 19.5 Å². The first-order valence-corrected chi connectivity index (χ1v) is 10.9. The summed E-state index contributed by atoms with van der Waals surface area (Å²) in [4.78, 5) is 8.87. The number of aromatic nitrogens is 1. The minimum Gasteiger partial charge on any atom is -0.487 e. The Balaban J connectivity index is 1.27. The molecular formula is C25H24F3N3O2. The first-order valence-electron chi connectivity index (χ1n) is 10.9. The molecule has 0 atom stereocenters. The van der Waals surface area contributed by atoms with Crippen LogP contribution in [-0.2, 0) is 13.2 Å². The Morgan fingerprint density at radius 1 is 0.970 bits per heavy atom. The summed E-state index contributed by atoms with van der Waals surface area (Å²) in [5.41, 5.74) is 3.15. The van der Waals surface area contributed by atoms with E-state index < -0.39 is 6.36 Å². The van der Waals surface area contributed by atoms with Gasteiger partial charge in [-0.25, -0.2) is 0 Å². The lowest BCUT2D eigenvalue weighted by Crippen LogP contribution is -2.32. The van der Waals surface area contributed by atoms with Crippen molar-refractivity contribution in [2.75, 3.05) is 18.1 Å². The molecule has 0 radical (unpaired) electrons. The molecular weight excluding hydrogens is 431 g/mol. The molecule has 3 aromatic rings. The van der Waals surface area contributed by atoms with Crippen LogP contribution in [0.15, 0.2) is 73.1 Å². The van der Waals surface area contributed by atoms with Gasteiger partial charge in [0.2, 0.25) is 0 Å². The summed E-state index contributed by atoms with van der Waals surface area (Å²) in [5.74, 6) is 0.560. The van der Waals surface area contributed by atoms with Gasteiger partial charge < -0.3 is 14.4 Å². The van der Waals surface area contributed by atoms with Crippen molar-refractivity contribution in [2.24, 2.45) is 0 Å². The highest BCUT2D eigenvalue weighted by Gasteiger charge is 2.53. The Morgan fingerprint density at radius 3 is 2.42 bits per heavy atom. The average molecular weight is 455 g/mol. The number of hydrogen-bond acceptors (Lipinski definition) is 5. The maximum atomic E-state index is 12.4. The molecule has 8 heteroatoms. The van der Waals surface area contributed by atoms with Gasteiger partial charge in [-0.1, -0.05) is 30.3 Å². The van der Waals surface area contributed by atoms with Gasteiger partial charge >= 0.3 is 6.36 Å². The van der Waals surface area contributed by atoms with Crippen LogP contribution in [0.3, 0.4) is 0 Å². The van der Waals surface area contributed by atoms with Crippen molar-refractivity contribution >= 4 is 5.69 Å². The van der Waals surface area contributed by atoms with E-state index in [0.717, 1.165) is 48.5 Å². The summed E-state index contributed by atoms with van der Waals surface area (Å²) in [6.07, 6.45) is 1.05. The first-order chi connectivity index (χ1) is 15.9. The third-order valence-electron chi connectivity index (χ3n) is 6.23. The molecule has 172 valence electrons. The Kier molecular flexibility index (Phi) is 5.62. The van der Waals surface area contributed by atoms with Crippen LogP contribution in [0.5, 0.6) is 11.5 Å². The monoisotopic (exact) mass is 455 g/mol. The van der Waals surface area contributed by atoms with Crippen molar-refractivity contribution in [3.8, 4) is 11.5 Å². The van der Waals surface area contributed by atoms with Gasteiger partial charge in [-0.3, -0.25) is 9.88 Å². The smallest absolute Gasteiger partial charge is 0.487 e. The minimum absolute atomic E-state index is 0.0983. The highest BCUT2D eigenvalue weighted by Crippen LogP contribution is 2.48. The molecule has 1 aromatic heterocycles. The van der Waals surface area contributed by atoms with Crippen LogP contribution in [0.4, 0.5) is 18.9 Å². The maximum absolute atomic E-state index is 12.4. The molecule has 1 aliphatic heterocycles. The van der Waals surface area contributed by atoms with Crippen molar-refractivity contribution in [2.45, 2.75) is 37.9 Å². The zero-order valence-corrected chi connectivity index (χ0v) is 18.0. The maximum Gasteiger partial charge on any atom is 0.573 e. The zero-order chi connectivity index (χ0) is 22.9. The van der Waals surface area contributed by atoms with E-state index in [1.165, 1.54) is 12.1 Å². The number of nitrogens with zero attached hydrogens (tertiary/aromatic N) is 3. The van der Waals surface area contributed by atoms with Gasteiger partial charge in [-0.2, -0.15) is 0 Å². The van der Waals surface area contributed by atoms with Crippen LogP contribution in [0.1, 0.15) is 24.0 Å². The molecule has 0 unspecified atom stereocenters. The fraction of sp³-hybridized carbons (Fsp3) is 0.320. The molecule has 2 heterocycles. The fourth-order valence-electron chi connectivity index (χ4n) is 4.34. The van der Waals surface area contributed by atoms with Gasteiger partial charge in [-0.15, -0.1) is 13.2 Å². The standard InChI is InChI=1S/C25H24F3N3O2/c26-25(27,28)33-22-8-6-21(7-9-22)30-17-24(11-12-24)31(18-30)15-20-10-13-29-14-23(20)32-16-19-4-2-1-3-5-19/h1-10,13-14H,11-12,15-18H2. The molecule has 2 fully saturated rings. The Hall–Kier alpha value is -3.26. The molecule has 1 aliphatic carbocycles. The van der Waals surface area contributed by atoms with Crippen LogP contribution < -0.4 is 14.4 Å². The predicted molar refractivity (Wildman–Crippen MR) is 118 cm³/mol. The summed E-state index contributed by atoms with van der Waals surface area (Å²) in [5, 5.41) is 0. The van der Waals surface area contributed by atoms with E-state index in [9.17, 15) is 13.2 Å². The van der Waals surface area contributed by atoms with Crippen LogP contribution in [0.25, 0.3) is 0 Å². The Morgan fingerprint density at radius 2 is 1.73 bits per heavy atom. The number of pyridine rings is 1. The lowest BCUT2D eigenvalue weighted by molar-refractivity contribution is -0.274. The second-order valence-electron chi connectivity index (χ2n) is 8.56. The predicted octanol–water partition coefficient (Wildman–Crippen LogP) is 5.37. The molecule has 1 saturated carbocycles. The van der Waals surface area contributed by atoms with Gasteiger partial charge in [-0.05, 0) is 48.7 Å². The molecule has 2 aromatic carbocycles. The van der Waals surface area contributed by atoms with Gasteiger partial charge in [0, 0.05) is 36.1 Å². The van der Waals surface area contributed by atoms with Crippen LogP contribution in [-0.4, -0.2) is 35.0 Å². The SMILES string of the molecule is FC(F)(F)Oc1ccc(N2CN(Cc3ccncc3OCc3ccccc3)C3(CC3)C2)cc1. The van der Waals surface area contributed by atoms with E-state index in [-0.39, 0.29) is 11.3 Å².